The van der Waals surface area contributed by atoms with Crippen LogP contribution in [0.25, 0.3) is 21.9 Å². The highest BCUT2D eigenvalue weighted by Gasteiger charge is 2.20. The normalized spacial score (nSPS) is 10.8. The lowest BCUT2D eigenvalue weighted by Crippen LogP contribution is -2.00. The van der Waals surface area contributed by atoms with Gasteiger partial charge >= 0.3 is 0 Å². The van der Waals surface area contributed by atoms with Crippen molar-refractivity contribution in [3.63, 3.8) is 0 Å². The second-order valence-electron chi connectivity index (χ2n) is 5.11. The Kier molecular flexibility index (Phi) is 3.47. The second-order valence-corrected chi connectivity index (χ2v) is 5.52. The molecule has 0 amide bonds. The van der Waals surface area contributed by atoms with Gasteiger partial charge in [0.1, 0.15) is 5.69 Å². The third-order valence-corrected chi connectivity index (χ3v) is 4.09. The minimum Gasteiger partial charge on any atom is -0.393 e. The predicted molar refractivity (Wildman–Crippen MR) is 90.2 cm³/mol. The number of rotatable bonds is 2. The van der Waals surface area contributed by atoms with Crippen molar-refractivity contribution >= 4 is 33.7 Å². The highest BCUT2D eigenvalue weighted by atomic mass is 35.5. The van der Waals surface area contributed by atoms with E-state index >= 15 is 0 Å². The van der Waals surface area contributed by atoms with E-state index in [2.05, 4.69) is 0 Å². The quantitative estimate of drug-likeness (QED) is 0.413. The van der Waals surface area contributed by atoms with Crippen molar-refractivity contribution < 1.29 is 4.92 Å². The maximum Gasteiger partial charge on any atom is 0.293 e. The number of hydrogen-bond donors (Lipinski definition) is 1. The molecule has 0 fully saturated rings. The molecule has 22 heavy (non-hydrogen) atoms. The number of nitrogens with two attached hydrogens (primary N) is 1. The molecule has 0 aliphatic rings. The molecule has 2 N–H and O–H groups in total. The summed E-state index contributed by atoms with van der Waals surface area (Å²) in [6.45, 7) is 1.75. The van der Waals surface area contributed by atoms with Gasteiger partial charge < -0.3 is 5.73 Å². The monoisotopic (exact) mass is 312 g/mol. The first-order valence-electron chi connectivity index (χ1n) is 6.71. The van der Waals surface area contributed by atoms with Crippen LogP contribution in [0.5, 0.6) is 0 Å². The van der Waals surface area contributed by atoms with Crippen LogP contribution in [0.3, 0.4) is 0 Å². The number of nitro groups is 1. The molecule has 0 saturated carbocycles. The molecule has 3 rings (SSSR count). The Morgan fingerprint density at radius 2 is 1.77 bits per heavy atom. The molecule has 3 aromatic rings. The third-order valence-electron chi connectivity index (χ3n) is 3.79. The molecular weight excluding hydrogens is 300 g/mol. The molecule has 0 heterocycles. The number of nitrogens with zero attached hydrogens (tertiary/aromatic N) is 1. The van der Waals surface area contributed by atoms with Gasteiger partial charge in [0, 0.05) is 11.6 Å². The molecule has 3 aromatic carbocycles. The molecule has 0 saturated heterocycles. The Hall–Kier alpha value is -2.59. The van der Waals surface area contributed by atoms with Crippen LogP contribution < -0.4 is 5.73 Å². The SMILES string of the molecule is Cc1c(N)c([N+](=O)[O-])cc(Cl)c1-c1ccc2ccccc2c1. The average molecular weight is 313 g/mol. The number of fused-ring (bicyclic) bond motifs is 1. The zero-order valence-electron chi connectivity index (χ0n) is 11.8. The van der Waals surface area contributed by atoms with Crippen LogP contribution in [0.1, 0.15) is 5.56 Å². The van der Waals surface area contributed by atoms with Gasteiger partial charge in [0.05, 0.1) is 9.95 Å². The summed E-state index contributed by atoms with van der Waals surface area (Å²) in [5.41, 5.74) is 8.14. The van der Waals surface area contributed by atoms with Gasteiger partial charge in [-0.3, -0.25) is 10.1 Å². The number of benzene rings is 3. The van der Waals surface area contributed by atoms with E-state index in [1.54, 1.807) is 6.92 Å². The van der Waals surface area contributed by atoms with Gasteiger partial charge in [-0.25, -0.2) is 0 Å². The smallest absolute Gasteiger partial charge is 0.293 e. The maximum absolute atomic E-state index is 11.0. The van der Waals surface area contributed by atoms with E-state index < -0.39 is 4.92 Å². The molecule has 0 spiro atoms. The summed E-state index contributed by atoms with van der Waals surface area (Å²) < 4.78 is 0. The van der Waals surface area contributed by atoms with Gasteiger partial charge in [-0.05, 0) is 34.9 Å². The lowest BCUT2D eigenvalue weighted by molar-refractivity contribution is -0.383. The summed E-state index contributed by atoms with van der Waals surface area (Å²) in [5, 5.41) is 13.5. The topological polar surface area (TPSA) is 69.2 Å². The highest BCUT2D eigenvalue weighted by Crippen LogP contribution is 2.40. The molecule has 110 valence electrons. The van der Waals surface area contributed by atoms with E-state index in [0.29, 0.717) is 10.6 Å². The molecule has 0 aliphatic heterocycles. The molecule has 0 atom stereocenters. The first-order chi connectivity index (χ1) is 10.5. The number of anilines is 1. The largest absolute Gasteiger partial charge is 0.393 e. The molecule has 0 radical (unpaired) electrons. The fourth-order valence-corrected chi connectivity index (χ4v) is 2.98. The molecular formula is C17H13ClN2O2. The van der Waals surface area contributed by atoms with Crippen LogP contribution in [-0.4, -0.2) is 4.92 Å². The molecule has 0 unspecified atom stereocenters. The second kappa shape index (κ2) is 5.31. The van der Waals surface area contributed by atoms with Crippen LogP contribution in [0, 0.1) is 17.0 Å². The fraction of sp³-hybridized carbons (Fsp3) is 0.0588. The van der Waals surface area contributed by atoms with Gasteiger partial charge in [-0.15, -0.1) is 0 Å². The summed E-state index contributed by atoms with van der Waals surface area (Å²) >= 11 is 6.28. The van der Waals surface area contributed by atoms with E-state index in [4.69, 9.17) is 17.3 Å². The number of hydrogen-bond acceptors (Lipinski definition) is 3. The van der Waals surface area contributed by atoms with Crippen molar-refractivity contribution in [3.05, 3.63) is 69.2 Å². The standard InChI is InChI=1S/C17H13ClN2O2/c1-10-16(14(18)9-15(17(10)19)20(21)22)13-7-6-11-4-2-3-5-12(11)8-13/h2-9H,19H2,1H3. The number of nitro benzene ring substituents is 1. The van der Waals surface area contributed by atoms with Gasteiger partial charge in [-0.1, -0.05) is 48.0 Å². The van der Waals surface area contributed by atoms with Crippen molar-refractivity contribution in [1.29, 1.82) is 0 Å². The summed E-state index contributed by atoms with van der Waals surface area (Å²) in [4.78, 5) is 10.5. The van der Waals surface area contributed by atoms with Gasteiger partial charge in [0.25, 0.3) is 5.69 Å². The molecule has 4 nitrogen and oxygen atoms in total. The van der Waals surface area contributed by atoms with Crippen molar-refractivity contribution in [2.24, 2.45) is 0 Å². The lowest BCUT2D eigenvalue weighted by Gasteiger charge is -2.12. The lowest BCUT2D eigenvalue weighted by atomic mass is 9.96. The summed E-state index contributed by atoms with van der Waals surface area (Å²) in [6.07, 6.45) is 0. The molecule has 5 heteroatoms. The Labute approximate surface area is 132 Å². The first-order valence-corrected chi connectivity index (χ1v) is 7.09. The van der Waals surface area contributed by atoms with Crippen LogP contribution in [0.2, 0.25) is 5.02 Å². The third kappa shape index (κ3) is 2.27. The van der Waals surface area contributed by atoms with E-state index in [-0.39, 0.29) is 11.4 Å². The fourth-order valence-electron chi connectivity index (χ4n) is 2.63. The Morgan fingerprint density at radius 1 is 1.09 bits per heavy atom. The zero-order chi connectivity index (χ0) is 15.9. The van der Waals surface area contributed by atoms with E-state index in [9.17, 15) is 10.1 Å². The first kappa shape index (κ1) is 14.4. The number of nitrogen functional groups attached to an aromatic ring is 1. The predicted octanol–water partition coefficient (Wildman–Crippen LogP) is 4.96. The van der Waals surface area contributed by atoms with Crippen molar-refractivity contribution in [1.82, 2.24) is 0 Å². The van der Waals surface area contributed by atoms with Crippen LogP contribution >= 0.6 is 11.6 Å². The van der Waals surface area contributed by atoms with E-state index in [1.807, 2.05) is 42.5 Å². The maximum atomic E-state index is 11.0. The molecule has 0 aliphatic carbocycles. The van der Waals surface area contributed by atoms with Gasteiger partial charge in [0.15, 0.2) is 0 Å². The summed E-state index contributed by atoms with van der Waals surface area (Å²) in [7, 11) is 0. The summed E-state index contributed by atoms with van der Waals surface area (Å²) in [6, 6.07) is 15.2. The zero-order valence-corrected chi connectivity index (χ0v) is 12.6. The molecule has 0 bridgehead atoms. The summed E-state index contributed by atoms with van der Waals surface area (Å²) in [5.74, 6) is 0. The molecule has 0 aromatic heterocycles. The van der Waals surface area contributed by atoms with E-state index in [1.165, 1.54) is 6.07 Å². The van der Waals surface area contributed by atoms with Crippen molar-refractivity contribution in [2.75, 3.05) is 5.73 Å². The average Bonchev–Trinajstić information content (AvgIpc) is 2.50. The van der Waals surface area contributed by atoms with Crippen molar-refractivity contribution in [3.8, 4) is 11.1 Å². The van der Waals surface area contributed by atoms with Crippen LogP contribution in [0.15, 0.2) is 48.5 Å². The van der Waals surface area contributed by atoms with Gasteiger partial charge in [-0.2, -0.15) is 0 Å². The minimum absolute atomic E-state index is 0.151. The highest BCUT2D eigenvalue weighted by molar-refractivity contribution is 6.34. The number of halogens is 1. The van der Waals surface area contributed by atoms with E-state index in [0.717, 1.165) is 21.9 Å². The Bertz CT molecular complexity index is 907. The van der Waals surface area contributed by atoms with Gasteiger partial charge in [0.2, 0.25) is 0 Å². The van der Waals surface area contributed by atoms with Crippen molar-refractivity contribution in [2.45, 2.75) is 6.92 Å². The van der Waals surface area contributed by atoms with Crippen LogP contribution in [0.4, 0.5) is 11.4 Å². The Morgan fingerprint density at radius 3 is 2.45 bits per heavy atom. The van der Waals surface area contributed by atoms with Crippen LogP contribution in [-0.2, 0) is 0 Å². The minimum atomic E-state index is -0.515. The Balaban J connectivity index is 2.26.